The molecular formula is C21H24Cl2N2O2. The number of para-hydroxylation sites is 1. The Bertz CT molecular complexity index is 761. The first-order valence-electron chi connectivity index (χ1n) is 9.20. The molecule has 3 rings (SSSR count). The van der Waals surface area contributed by atoms with Gasteiger partial charge in [-0.25, -0.2) is 0 Å². The molecule has 1 amide bonds. The van der Waals surface area contributed by atoms with Crippen molar-refractivity contribution in [2.45, 2.75) is 38.5 Å². The molecule has 4 nitrogen and oxygen atoms in total. The van der Waals surface area contributed by atoms with Crippen LogP contribution in [0.25, 0.3) is 0 Å². The molecule has 0 bridgehead atoms. The van der Waals surface area contributed by atoms with E-state index in [-0.39, 0.29) is 5.91 Å². The van der Waals surface area contributed by atoms with Crippen molar-refractivity contribution in [3.8, 4) is 5.75 Å². The Hall–Kier alpha value is -1.75. The number of halogens is 2. The molecule has 2 aromatic rings. The van der Waals surface area contributed by atoms with Gasteiger partial charge < -0.3 is 15.0 Å². The number of amides is 1. The second-order valence-corrected chi connectivity index (χ2v) is 7.67. The highest BCUT2D eigenvalue weighted by molar-refractivity contribution is 6.32. The van der Waals surface area contributed by atoms with Crippen molar-refractivity contribution < 1.29 is 9.53 Å². The maximum Gasteiger partial charge on any atom is 0.263 e. The van der Waals surface area contributed by atoms with Crippen molar-refractivity contribution in [1.29, 1.82) is 0 Å². The first-order valence-corrected chi connectivity index (χ1v) is 9.96. The number of carbonyl (C=O) groups is 1. The summed E-state index contributed by atoms with van der Waals surface area (Å²) in [4.78, 5) is 15.0. The first kappa shape index (κ1) is 20.0. The number of benzene rings is 2. The number of rotatable bonds is 7. The van der Waals surface area contributed by atoms with Crippen molar-refractivity contribution in [3.05, 3.63) is 64.1 Å². The minimum atomic E-state index is -0.626. The van der Waals surface area contributed by atoms with Gasteiger partial charge in [-0.3, -0.25) is 4.79 Å². The Balaban J connectivity index is 1.72. The minimum Gasteiger partial charge on any atom is -0.479 e. The summed E-state index contributed by atoms with van der Waals surface area (Å²) in [6.07, 6.45) is 1.59. The standard InChI is InChI=1S/C21H24Cl2N2O2/c1-15(27-20-7-3-2-6-19(20)23)21(26)25(14-18-5-4-12-24-18)13-16-8-10-17(22)11-9-16/h2-3,6-11,15,18,24H,4-5,12-14H2,1H3/t15?,18-/m1/s1. The van der Waals surface area contributed by atoms with Crippen LogP contribution in [0.4, 0.5) is 0 Å². The molecule has 1 aliphatic rings. The Kier molecular flexibility index (Phi) is 7.00. The molecule has 0 aromatic heterocycles. The Morgan fingerprint density at radius 3 is 2.63 bits per heavy atom. The molecule has 1 aliphatic heterocycles. The van der Waals surface area contributed by atoms with E-state index in [1.54, 1.807) is 19.1 Å². The van der Waals surface area contributed by atoms with Gasteiger partial charge in [-0.05, 0) is 56.1 Å². The Labute approximate surface area is 170 Å². The third-order valence-corrected chi connectivity index (χ3v) is 5.25. The van der Waals surface area contributed by atoms with Gasteiger partial charge in [-0.2, -0.15) is 0 Å². The summed E-state index contributed by atoms with van der Waals surface area (Å²) >= 11 is 12.1. The summed E-state index contributed by atoms with van der Waals surface area (Å²) in [5.41, 5.74) is 1.04. The van der Waals surface area contributed by atoms with E-state index in [1.165, 1.54) is 0 Å². The number of carbonyl (C=O) groups excluding carboxylic acids is 1. The van der Waals surface area contributed by atoms with Crippen LogP contribution in [-0.4, -0.2) is 36.0 Å². The van der Waals surface area contributed by atoms with Gasteiger partial charge in [0.05, 0.1) is 5.02 Å². The van der Waals surface area contributed by atoms with E-state index in [1.807, 2.05) is 41.3 Å². The SMILES string of the molecule is CC(Oc1ccccc1Cl)C(=O)N(Cc1ccc(Cl)cc1)C[C@H]1CCCN1. The summed E-state index contributed by atoms with van der Waals surface area (Å²) in [6, 6.07) is 15.1. The van der Waals surface area contributed by atoms with E-state index in [0.29, 0.717) is 34.9 Å². The lowest BCUT2D eigenvalue weighted by molar-refractivity contribution is -0.139. The van der Waals surface area contributed by atoms with Crippen molar-refractivity contribution in [1.82, 2.24) is 10.2 Å². The quantitative estimate of drug-likeness (QED) is 0.733. The molecule has 1 heterocycles. The fraction of sp³-hybridized carbons (Fsp3) is 0.381. The van der Waals surface area contributed by atoms with Crippen LogP contribution < -0.4 is 10.1 Å². The molecule has 1 N–H and O–H groups in total. The van der Waals surface area contributed by atoms with Crippen LogP contribution in [0, 0.1) is 0 Å². The molecule has 0 spiro atoms. The number of nitrogens with one attached hydrogen (secondary N) is 1. The molecule has 0 saturated carbocycles. The first-order chi connectivity index (χ1) is 13.0. The van der Waals surface area contributed by atoms with Crippen LogP contribution in [0.3, 0.4) is 0 Å². The van der Waals surface area contributed by atoms with Gasteiger partial charge in [0, 0.05) is 24.2 Å². The summed E-state index contributed by atoms with van der Waals surface area (Å²) in [5, 5.41) is 4.64. The number of ether oxygens (including phenoxy) is 1. The number of hydrogen-bond acceptors (Lipinski definition) is 3. The highest BCUT2D eigenvalue weighted by Crippen LogP contribution is 2.25. The molecular weight excluding hydrogens is 383 g/mol. The van der Waals surface area contributed by atoms with Crippen molar-refractivity contribution in [3.63, 3.8) is 0 Å². The van der Waals surface area contributed by atoms with E-state index in [9.17, 15) is 4.79 Å². The van der Waals surface area contributed by atoms with E-state index in [2.05, 4.69) is 5.32 Å². The zero-order valence-corrected chi connectivity index (χ0v) is 16.8. The lowest BCUT2D eigenvalue weighted by Gasteiger charge is -2.29. The van der Waals surface area contributed by atoms with Crippen LogP contribution in [-0.2, 0) is 11.3 Å². The van der Waals surface area contributed by atoms with E-state index in [4.69, 9.17) is 27.9 Å². The molecule has 2 aromatic carbocycles. The number of nitrogens with zero attached hydrogens (tertiary/aromatic N) is 1. The summed E-state index contributed by atoms with van der Waals surface area (Å²) in [7, 11) is 0. The van der Waals surface area contributed by atoms with Crippen molar-refractivity contribution >= 4 is 29.1 Å². The van der Waals surface area contributed by atoms with Crippen molar-refractivity contribution in [2.75, 3.05) is 13.1 Å². The fourth-order valence-corrected chi connectivity index (χ4v) is 3.57. The molecule has 0 radical (unpaired) electrons. The van der Waals surface area contributed by atoms with Crippen LogP contribution in [0.5, 0.6) is 5.75 Å². The monoisotopic (exact) mass is 406 g/mol. The van der Waals surface area contributed by atoms with Gasteiger partial charge >= 0.3 is 0 Å². The lowest BCUT2D eigenvalue weighted by Crippen LogP contribution is -2.45. The van der Waals surface area contributed by atoms with Gasteiger partial charge in [0.15, 0.2) is 6.10 Å². The summed E-state index contributed by atoms with van der Waals surface area (Å²) in [6.45, 7) is 3.93. The molecule has 144 valence electrons. The van der Waals surface area contributed by atoms with Crippen LogP contribution in [0.15, 0.2) is 48.5 Å². The zero-order chi connectivity index (χ0) is 19.2. The highest BCUT2D eigenvalue weighted by Gasteiger charge is 2.26. The zero-order valence-electron chi connectivity index (χ0n) is 15.3. The topological polar surface area (TPSA) is 41.6 Å². The molecule has 0 aliphatic carbocycles. The normalized spacial score (nSPS) is 17.5. The second kappa shape index (κ2) is 9.45. The minimum absolute atomic E-state index is 0.0569. The maximum absolute atomic E-state index is 13.1. The molecule has 27 heavy (non-hydrogen) atoms. The largest absolute Gasteiger partial charge is 0.479 e. The van der Waals surface area contributed by atoms with Gasteiger partial charge in [-0.1, -0.05) is 47.5 Å². The molecule has 1 unspecified atom stereocenters. The average Bonchev–Trinajstić information content (AvgIpc) is 3.17. The van der Waals surface area contributed by atoms with Gasteiger partial charge in [0.25, 0.3) is 5.91 Å². The molecule has 2 atom stereocenters. The average molecular weight is 407 g/mol. The predicted molar refractivity (Wildman–Crippen MR) is 109 cm³/mol. The Morgan fingerprint density at radius 2 is 1.96 bits per heavy atom. The van der Waals surface area contributed by atoms with Gasteiger partial charge in [-0.15, -0.1) is 0 Å². The van der Waals surface area contributed by atoms with E-state index in [0.717, 1.165) is 24.9 Å². The summed E-state index contributed by atoms with van der Waals surface area (Å²) in [5.74, 6) is 0.462. The third-order valence-electron chi connectivity index (χ3n) is 4.69. The predicted octanol–water partition coefficient (Wildman–Crippen LogP) is 4.54. The fourth-order valence-electron chi connectivity index (χ4n) is 3.26. The third kappa shape index (κ3) is 5.61. The number of hydrogen-bond donors (Lipinski definition) is 1. The summed E-state index contributed by atoms with van der Waals surface area (Å²) < 4.78 is 5.84. The van der Waals surface area contributed by atoms with Gasteiger partial charge in [0.2, 0.25) is 0 Å². The lowest BCUT2D eigenvalue weighted by atomic mass is 10.1. The van der Waals surface area contributed by atoms with Crippen LogP contribution in [0.1, 0.15) is 25.3 Å². The van der Waals surface area contributed by atoms with Crippen molar-refractivity contribution in [2.24, 2.45) is 0 Å². The highest BCUT2D eigenvalue weighted by atomic mass is 35.5. The maximum atomic E-state index is 13.1. The Morgan fingerprint density at radius 1 is 1.22 bits per heavy atom. The molecule has 1 saturated heterocycles. The van der Waals surface area contributed by atoms with Gasteiger partial charge in [0.1, 0.15) is 5.75 Å². The smallest absolute Gasteiger partial charge is 0.263 e. The molecule has 1 fully saturated rings. The van der Waals surface area contributed by atoms with Crippen LogP contribution in [0.2, 0.25) is 10.0 Å². The van der Waals surface area contributed by atoms with Crippen LogP contribution >= 0.6 is 23.2 Å². The second-order valence-electron chi connectivity index (χ2n) is 6.83. The molecule has 6 heteroatoms. The van der Waals surface area contributed by atoms with E-state index < -0.39 is 6.10 Å². The van der Waals surface area contributed by atoms with E-state index >= 15 is 0 Å².